The number of hydrogen-bond acceptors (Lipinski definition) is 1. The molecule has 1 unspecified atom stereocenters. The summed E-state index contributed by atoms with van der Waals surface area (Å²) in [7, 11) is 0. The second-order valence-electron chi connectivity index (χ2n) is 7.85. The Morgan fingerprint density at radius 2 is 1.52 bits per heavy atom. The minimum Gasteiger partial charge on any atom is -0.369 e. The van der Waals surface area contributed by atoms with Gasteiger partial charge in [0.2, 0.25) is 5.96 Å². The molecule has 0 aromatic heterocycles. The summed E-state index contributed by atoms with van der Waals surface area (Å²) >= 11 is 0. The molecular weight excluding hydrogens is 354 g/mol. The second kappa shape index (κ2) is 8.52. The lowest BCUT2D eigenvalue weighted by Gasteiger charge is -2.29. The predicted octanol–water partition coefficient (Wildman–Crippen LogP) is 5.95. The van der Waals surface area contributed by atoms with Crippen LogP contribution in [0.4, 0.5) is 11.4 Å². The number of guanidine groups is 1. The maximum Gasteiger partial charge on any atom is 0.201 e. The Hall–Kier alpha value is -3.07. The first-order valence-electron chi connectivity index (χ1n) is 10.5. The van der Waals surface area contributed by atoms with E-state index < -0.39 is 0 Å². The molecule has 29 heavy (non-hydrogen) atoms. The van der Waals surface area contributed by atoms with Crippen molar-refractivity contribution >= 4 is 17.3 Å². The van der Waals surface area contributed by atoms with Crippen molar-refractivity contribution in [1.29, 1.82) is 0 Å². The largest absolute Gasteiger partial charge is 0.369 e. The van der Waals surface area contributed by atoms with Gasteiger partial charge in [-0.1, -0.05) is 68.4 Å². The highest BCUT2D eigenvalue weighted by atomic mass is 15.3. The van der Waals surface area contributed by atoms with Crippen LogP contribution in [0.2, 0.25) is 0 Å². The van der Waals surface area contributed by atoms with Gasteiger partial charge in [0, 0.05) is 5.69 Å². The molecule has 3 aromatic rings. The number of anilines is 1. The minimum absolute atomic E-state index is 0.533. The summed E-state index contributed by atoms with van der Waals surface area (Å²) in [4.78, 5) is 6.92. The van der Waals surface area contributed by atoms with Crippen LogP contribution in [0.3, 0.4) is 0 Å². The molecule has 1 atom stereocenters. The molecule has 3 heteroatoms. The van der Waals surface area contributed by atoms with Gasteiger partial charge < -0.3 is 10.6 Å². The van der Waals surface area contributed by atoms with Gasteiger partial charge in [-0.3, -0.25) is 0 Å². The average Bonchev–Trinajstić information content (AvgIpc) is 2.75. The van der Waals surface area contributed by atoms with Gasteiger partial charge >= 0.3 is 0 Å². The van der Waals surface area contributed by atoms with E-state index in [-0.39, 0.29) is 0 Å². The number of aliphatic imine (C=N–C) groups is 1. The molecule has 0 saturated carbocycles. The van der Waals surface area contributed by atoms with E-state index in [4.69, 9.17) is 10.7 Å². The zero-order valence-corrected chi connectivity index (χ0v) is 17.3. The zero-order valence-electron chi connectivity index (χ0n) is 17.3. The van der Waals surface area contributed by atoms with Crippen LogP contribution in [0.15, 0.2) is 77.8 Å². The first-order valence-corrected chi connectivity index (χ1v) is 10.5. The molecule has 4 rings (SSSR count). The van der Waals surface area contributed by atoms with E-state index in [9.17, 15) is 0 Å². The quantitative estimate of drug-likeness (QED) is 0.448. The molecule has 3 nitrogen and oxygen atoms in total. The average molecular weight is 384 g/mol. The van der Waals surface area contributed by atoms with Crippen molar-refractivity contribution in [2.45, 2.75) is 45.6 Å². The SMILES string of the molecule is CCC(C)c1ccc(N=C(N)N2Cc3ccccc3CCc3ccccc32)cc1. The zero-order chi connectivity index (χ0) is 20.2. The molecule has 0 saturated heterocycles. The highest BCUT2D eigenvalue weighted by Crippen LogP contribution is 2.29. The first kappa shape index (κ1) is 19.3. The van der Waals surface area contributed by atoms with Crippen LogP contribution in [0, 0.1) is 0 Å². The van der Waals surface area contributed by atoms with E-state index in [1.54, 1.807) is 0 Å². The molecule has 0 spiro atoms. The molecule has 1 aliphatic rings. The third-order valence-corrected chi connectivity index (χ3v) is 5.99. The fourth-order valence-electron chi connectivity index (χ4n) is 3.98. The Kier molecular flexibility index (Phi) is 5.66. The Bertz CT molecular complexity index is 1000. The van der Waals surface area contributed by atoms with E-state index in [1.807, 2.05) is 0 Å². The number of nitrogens with zero attached hydrogens (tertiary/aromatic N) is 2. The summed E-state index contributed by atoms with van der Waals surface area (Å²) in [6.07, 6.45) is 3.18. The minimum atomic E-state index is 0.533. The topological polar surface area (TPSA) is 41.6 Å². The summed E-state index contributed by atoms with van der Waals surface area (Å²) in [5, 5.41) is 0. The molecule has 0 amide bonds. The van der Waals surface area contributed by atoms with Crippen molar-refractivity contribution in [2.24, 2.45) is 10.7 Å². The fourth-order valence-corrected chi connectivity index (χ4v) is 3.98. The van der Waals surface area contributed by atoms with E-state index in [0.29, 0.717) is 11.9 Å². The molecule has 0 radical (unpaired) electrons. The molecule has 3 aromatic carbocycles. The van der Waals surface area contributed by atoms with E-state index >= 15 is 0 Å². The van der Waals surface area contributed by atoms with Crippen molar-refractivity contribution in [3.05, 3.63) is 95.1 Å². The van der Waals surface area contributed by atoms with Crippen LogP contribution < -0.4 is 10.6 Å². The molecule has 0 aliphatic carbocycles. The molecule has 0 fully saturated rings. The second-order valence-corrected chi connectivity index (χ2v) is 7.85. The number of hydrogen-bond donors (Lipinski definition) is 1. The molecule has 0 bridgehead atoms. The summed E-state index contributed by atoms with van der Waals surface area (Å²) in [6.45, 7) is 5.20. The molecule has 1 aliphatic heterocycles. The number of rotatable bonds is 3. The van der Waals surface area contributed by atoms with Crippen molar-refractivity contribution in [2.75, 3.05) is 4.90 Å². The van der Waals surface area contributed by atoms with E-state index in [2.05, 4.69) is 91.5 Å². The number of para-hydroxylation sites is 1. The van der Waals surface area contributed by atoms with Crippen molar-refractivity contribution in [3.63, 3.8) is 0 Å². The van der Waals surface area contributed by atoms with Crippen LogP contribution >= 0.6 is 0 Å². The van der Waals surface area contributed by atoms with Crippen molar-refractivity contribution in [1.82, 2.24) is 0 Å². The summed E-state index contributed by atoms with van der Waals surface area (Å²) < 4.78 is 0. The lowest BCUT2D eigenvalue weighted by molar-refractivity contribution is 0.734. The Labute approximate surface area is 173 Å². The third kappa shape index (κ3) is 4.19. The van der Waals surface area contributed by atoms with Crippen LogP contribution in [0.1, 0.15) is 48.4 Å². The number of nitrogens with two attached hydrogens (primary N) is 1. The summed E-state index contributed by atoms with van der Waals surface area (Å²) in [5.74, 6) is 1.09. The highest BCUT2D eigenvalue weighted by molar-refractivity contribution is 5.97. The van der Waals surface area contributed by atoms with Gasteiger partial charge in [-0.2, -0.15) is 0 Å². The summed E-state index contributed by atoms with van der Waals surface area (Å²) in [5.41, 5.74) is 14.0. The normalized spacial score (nSPS) is 15.1. The van der Waals surface area contributed by atoms with Crippen molar-refractivity contribution in [3.8, 4) is 0 Å². The van der Waals surface area contributed by atoms with Crippen LogP contribution in [0.25, 0.3) is 0 Å². The molecule has 2 N–H and O–H groups in total. The van der Waals surface area contributed by atoms with E-state index in [0.717, 1.165) is 37.2 Å². The monoisotopic (exact) mass is 383 g/mol. The Morgan fingerprint density at radius 1 is 0.897 bits per heavy atom. The van der Waals surface area contributed by atoms with E-state index in [1.165, 1.54) is 22.3 Å². The van der Waals surface area contributed by atoms with Gasteiger partial charge in [-0.15, -0.1) is 0 Å². The van der Waals surface area contributed by atoms with Gasteiger partial charge in [0.05, 0.1) is 12.2 Å². The number of fused-ring (bicyclic) bond motifs is 2. The summed E-state index contributed by atoms with van der Waals surface area (Å²) in [6, 6.07) is 25.6. The molecule has 1 heterocycles. The Balaban J connectivity index is 1.70. The van der Waals surface area contributed by atoms with Gasteiger partial charge in [-0.25, -0.2) is 4.99 Å². The maximum absolute atomic E-state index is 6.57. The Morgan fingerprint density at radius 3 is 2.24 bits per heavy atom. The van der Waals surface area contributed by atoms with Crippen LogP contribution in [0.5, 0.6) is 0 Å². The lowest BCUT2D eigenvalue weighted by Crippen LogP contribution is -2.38. The lowest BCUT2D eigenvalue weighted by atomic mass is 9.95. The molecule has 148 valence electrons. The fraction of sp³-hybridized carbons (Fsp3) is 0.269. The van der Waals surface area contributed by atoms with Gasteiger partial charge in [0.25, 0.3) is 0 Å². The van der Waals surface area contributed by atoms with Gasteiger partial charge in [-0.05, 0) is 65.6 Å². The van der Waals surface area contributed by atoms with Crippen molar-refractivity contribution < 1.29 is 0 Å². The predicted molar refractivity (Wildman–Crippen MR) is 123 cm³/mol. The van der Waals surface area contributed by atoms with Crippen LogP contribution in [-0.4, -0.2) is 5.96 Å². The first-order chi connectivity index (χ1) is 14.2. The standard InChI is InChI=1S/C26H29N3/c1-3-19(2)20-14-16-24(17-15-20)28-26(27)29-18-23-10-5-4-8-21(23)12-13-22-9-6-7-11-25(22)29/h4-11,14-17,19H,3,12-13,18H2,1-2H3,(H2,27,28). The highest BCUT2D eigenvalue weighted by Gasteiger charge is 2.19. The maximum atomic E-state index is 6.57. The third-order valence-electron chi connectivity index (χ3n) is 5.99. The van der Waals surface area contributed by atoms with Gasteiger partial charge in [0.1, 0.15) is 0 Å². The smallest absolute Gasteiger partial charge is 0.201 e. The molecular formula is C26H29N3. The number of benzene rings is 3. The van der Waals surface area contributed by atoms with Gasteiger partial charge in [0.15, 0.2) is 0 Å². The number of aryl methyl sites for hydroxylation is 2. The van der Waals surface area contributed by atoms with Crippen LogP contribution in [-0.2, 0) is 19.4 Å².